The summed E-state index contributed by atoms with van der Waals surface area (Å²) in [7, 11) is -2.52. The van der Waals surface area contributed by atoms with Crippen molar-refractivity contribution in [3.8, 4) is 0 Å². The number of carbonyl (C=O) groups excluding carboxylic acids is 2. The van der Waals surface area contributed by atoms with Gasteiger partial charge in [0.25, 0.3) is 0 Å². The molecular weight excluding hydrogens is 397 g/mol. The van der Waals surface area contributed by atoms with Crippen LogP contribution in [0, 0.1) is 0 Å². The minimum atomic E-state index is -2.52. The Morgan fingerprint density at radius 1 is 0.931 bits per heavy atom. The van der Waals surface area contributed by atoms with Crippen LogP contribution in [0.3, 0.4) is 0 Å². The van der Waals surface area contributed by atoms with E-state index in [9.17, 15) is 14.2 Å². The summed E-state index contributed by atoms with van der Waals surface area (Å²) in [6.07, 6.45) is -0.778. The smallest absolute Gasteiger partial charge is 0.408 e. The van der Waals surface area contributed by atoms with Crippen molar-refractivity contribution in [2.75, 3.05) is 13.0 Å². The Kier molecular flexibility index (Phi) is 9.92. The van der Waals surface area contributed by atoms with Crippen LogP contribution in [-0.2, 0) is 36.6 Å². The number of hydrogen-bond donors (Lipinski definition) is 2. The highest BCUT2D eigenvalue weighted by Crippen LogP contribution is 2.23. The van der Waals surface area contributed by atoms with E-state index in [-0.39, 0.29) is 25.8 Å². The van der Waals surface area contributed by atoms with Crippen LogP contribution in [0.25, 0.3) is 0 Å². The quantitative estimate of drug-likeness (QED) is 0.326. The van der Waals surface area contributed by atoms with E-state index < -0.39 is 32.9 Å². The lowest BCUT2D eigenvalue weighted by Crippen LogP contribution is -2.42. The van der Waals surface area contributed by atoms with Gasteiger partial charge in [-0.3, -0.25) is 4.57 Å². The van der Waals surface area contributed by atoms with Crippen LogP contribution in [0.15, 0.2) is 60.7 Å². The van der Waals surface area contributed by atoms with Crippen molar-refractivity contribution >= 4 is 20.1 Å². The third-order valence-electron chi connectivity index (χ3n) is 3.88. The normalized spacial score (nSPS) is 12.6. The largest absolute Gasteiger partial charge is 0.459 e. The SMILES string of the molecule is O=C(N[C@@H](CC[PH](=O)OCO)C(=O)OCc1ccccc1)OCc1ccccc1. The second-order valence-corrected chi connectivity index (χ2v) is 7.57. The molecule has 2 rings (SSSR count). The molecule has 0 aliphatic rings. The summed E-state index contributed by atoms with van der Waals surface area (Å²) >= 11 is 0. The van der Waals surface area contributed by atoms with Crippen LogP contribution in [-0.4, -0.2) is 36.2 Å². The Morgan fingerprint density at radius 3 is 2.03 bits per heavy atom. The van der Waals surface area contributed by atoms with Crippen LogP contribution in [0.4, 0.5) is 4.79 Å². The molecule has 2 atom stereocenters. The minimum Gasteiger partial charge on any atom is -0.459 e. The first-order chi connectivity index (χ1) is 14.1. The maximum atomic E-state index is 12.4. The molecule has 2 aromatic carbocycles. The van der Waals surface area contributed by atoms with Crippen LogP contribution < -0.4 is 5.32 Å². The van der Waals surface area contributed by atoms with Gasteiger partial charge in [0, 0.05) is 6.16 Å². The van der Waals surface area contributed by atoms with Gasteiger partial charge in [0.15, 0.2) is 8.03 Å². The maximum absolute atomic E-state index is 12.4. The summed E-state index contributed by atoms with van der Waals surface area (Å²) in [6.45, 7) is -0.588. The first-order valence-corrected chi connectivity index (χ1v) is 10.5. The fourth-order valence-corrected chi connectivity index (χ4v) is 3.20. The Bertz CT molecular complexity index is 786. The molecule has 2 N–H and O–H groups in total. The number of esters is 1. The molecule has 0 heterocycles. The number of rotatable bonds is 11. The molecular formula is C20H24NO7P. The van der Waals surface area contributed by atoms with Gasteiger partial charge in [-0.15, -0.1) is 0 Å². The summed E-state index contributed by atoms with van der Waals surface area (Å²) in [6, 6.07) is 17.1. The zero-order chi connectivity index (χ0) is 20.9. The summed E-state index contributed by atoms with van der Waals surface area (Å²) in [5.41, 5.74) is 1.59. The van der Waals surface area contributed by atoms with E-state index in [2.05, 4.69) is 9.84 Å². The van der Waals surface area contributed by atoms with Crippen molar-refractivity contribution in [2.24, 2.45) is 0 Å². The number of alkyl carbamates (subject to hydrolysis) is 1. The fourth-order valence-electron chi connectivity index (χ4n) is 2.39. The number of hydrogen-bond acceptors (Lipinski definition) is 7. The number of amides is 1. The second-order valence-electron chi connectivity index (χ2n) is 6.04. The van der Waals surface area contributed by atoms with Crippen molar-refractivity contribution in [1.29, 1.82) is 0 Å². The highest BCUT2D eigenvalue weighted by molar-refractivity contribution is 7.39. The van der Waals surface area contributed by atoms with Gasteiger partial charge < -0.3 is 24.4 Å². The molecule has 0 aliphatic carbocycles. The molecule has 1 unspecified atom stereocenters. The van der Waals surface area contributed by atoms with Crippen molar-refractivity contribution in [1.82, 2.24) is 5.32 Å². The Hall–Kier alpha value is -2.67. The highest BCUT2D eigenvalue weighted by Gasteiger charge is 2.24. The molecule has 2 aromatic rings. The van der Waals surface area contributed by atoms with E-state index >= 15 is 0 Å². The molecule has 0 spiro atoms. The average Bonchev–Trinajstić information content (AvgIpc) is 2.75. The second kappa shape index (κ2) is 12.7. The first-order valence-electron chi connectivity index (χ1n) is 9.02. The Labute approximate surface area is 169 Å². The van der Waals surface area contributed by atoms with Crippen molar-refractivity contribution in [3.63, 3.8) is 0 Å². The molecule has 0 saturated carbocycles. The predicted octanol–water partition coefficient (Wildman–Crippen LogP) is 2.86. The fraction of sp³-hybridized carbons (Fsp3) is 0.300. The number of benzene rings is 2. The molecule has 0 aliphatic heterocycles. The molecule has 0 radical (unpaired) electrons. The molecule has 0 saturated heterocycles. The van der Waals surface area contributed by atoms with Crippen LogP contribution in [0.5, 0.6) is 0 Å². The average molecular weight is 421 g/mol. The maximum Gasteiger partial charge on any atom is 0.408 e. The number of aliphatic hydroxyl groups excluding tert-OH is 1. The molecule has 1 amide bonds. The number of ether oxygens (including phenoxy) is 2. The molecule has 0 bridgehead atoms. The molecule has 9 heteroatoms. The standard InChI is InChI=1S/C20H24NO7P/c22-15-28-29(25)12-11-18(19(23)26-13-16-7-3-1-4-8-16)21-20(24)27-14-17-9-5-2-6-10-17/h1-10,18,22,29H,11-15H2,(H,21,24)/t18-/m0/s1. The van der Waals surface area contributed by atoms with Gasteiger partial charge in [-0.05, 0) is 17.5 Å². The van der Waals surface area contributed by atoms with Gasteiger partial charge in [0.05, 0.1) is 0 Å². The molecule has 156 valence electrons. The van der Waals surface area contributed by atoms with Gasteiger partial charge in [-0.2, -0.15) is 0 Å². The lowest BCUT2D eigenvalue weighted by atomic mass is 10.2. The topological polar surface area (TPSA) is 111 Å². The number of aliphatic hydroxyl groups is 1. The zero-order valence-electron chi connectivity index (χ0n) is 15.8. The van der Waals surface area contributed by atoms with Crippen molar-refractivity contribution in [3.05, 3.63) is 71.8 Å². The van der Waals surface area contributed by atoms with Gasteiger partial charge in [0.1, 0.15) is 26.0 Å². The van der Waals surface area contributed by atoms with Gasteiger partial charge in [-0.1, -0.05) is 60.7 Å². The Morgan fingerprint density at radius 2 is 1.48 bits per heavy atom. The number of nitrogens with one attached hydrogen (secondary N) is 1. The van der Waals surface area contributed by atoms with E-state index in [0.29, 0.717) is 0 Å². The van der Waals surface area contributed by atoms with Gasteiger partial charge in [-0.25, -0.2) is 9.59 Å². The summed E-state index contributed by atoms with van der Waals surface area (Å²) in [5, 5.41) is 11.1. The molecule has 8 nitrogen and oxygen atoms in total. The van der Waals surface area contributed by atoms with E-state index in [0.717, 1.165) is 11.1 Å². The monoisotopic (exact) mass is 421 g/mol. The van der Waals surface area contributed by atoms with Gasteiger partial charge >= 0.3 is 12.1 Å². The van der Waals surface area contributed by atoms with E-state index in [1.807, 2.05) is 36.4 Å². The lowest BCUT2D eigenvalue weighted by molar-refractivity contribution is -0.147. The highest BCUT2D eigenvalue weighted by atomic mass is 31.1. The van der Waals surface area contributed by atoms with E-state index in [4.69, 9.17) is 14.6 Å². The number of carbonyl (C=O) groups is 2. The van der Waals surface area contributed by atoms with Crippen LogP contribution >= 0.6 is 8.03 Å². The minimum absolute atomic E-state index is 0.00467. The third kappa shape index (κ3) is 8.91. The zero-order valence-corrected chi connectivity index (χ0v) is 16.8. The van der Waals surface area contributed by atoms with Crippen molar-refractivity contribution < 1.29 is 33.3 Å². The van der Waals surface area contributed by atoms with E-state index in [1.54, 1.807) is 24.3 Å². The molecule has 0 aromatic heterocycles. The summed E-state index contributed by atoms with van der Waals surface area (Å²) < 4.78 is 26.7. The Balaban J connectivity index is 1.90. The first kappa shape index (κ1) is 22.6. The summed E-state index contributed by atoms with van der Waals surface area (Å²) in [5.74, 6) is -0.677. The summed E-state index contributed by atoms with van der Waals surface area (Å²) in [4.78, 5) is 24.5. The lowest BCUT2D eigenvalue weighted by Gasteiger charge is -2.17. The van der Waals surface area contributed by atoms with E-state index in [1.165, 1.54) is 0 Å². The van der Waals surface area contributed by atoms with Crippen LogP contribution in [0.1, 0.15) is 17.5 Å². The predicted molar refractivity (Wildman–Crippen MR) is 106 cm³/mol. The molecule has 29 heavy (non-hydrogen) atoms. The van der Waals surface area contributed by atoms with Gasteiger partial charge in [0.2, 0.25) is 0 Å². The van der Waals surface area contributed by atoms with Crippen LogP contribution in [0.2, 0.25) is 0 Å². The van der Waals surface area contributed by atoms with Crippen molar-refractivity contribution in [2.45, 2.75) is 25.7 Å². The third-order valence-corrected chi connectivity index (χ3v) is 5.02. The molecule has 0 fully saturated rings.